The Hall–Kier alpha value is -7.04. The second-order valence-electron chi connectivity index (χ2n) is 27.2. The van der Waals surface area contributed by atoms with Crippen molar-refractivity contribution in [1.82, 2.24) is 35.8 Å². The number of fused-ring (bicyclic) bond motifs is 3. The van der Waals surface area contributed by atoms with E-state index in [-0.39, 0.29) is 95.5 Å². The van der Waals surface area contributed by atoms with Crippen LogP contribution in [0, 0.1) is 11.8 Å². The Morgan fingerprint density at radius 2 is 1.54 bits per heavy atom. The highest BCUT2D eigenvalue weighted by molar-refractivity contribution is 8.77. The molecule has 0 radical (unpaired) electrons. The van der Waals surface area contributed by atoms with Crippen LogP contribution in [0.15, 0.2) is 98.4 Å². The van der Waals surface area contributed by atoms with Crippen LogP contribution in [0.4, 0.5) is 26.9 Å². The number of allylic oxidation sites excluding steroid dienone is 6. The molecule has 5 heterocycles. The fourth-order valence-corrected chi connectivity index (χ4v) is 18.6. The number of nitrogens with one attached hydrogen (secondary N) is 5. The summed E-state index contributed by atoms with van der Waals surface area (Å²) < 4.78 is 153. The van der Waals surface area contributed by atoms with E-state index < -0.39 is 104 Å². The monoisotopic (exact) mass is 1720 g/mol. The first-order valence-electron chi connectivity index (χ1n) is 35.6. The van der Waals surface area contributed by atoms with Gasteiger partial charge < -0.3 is 84.5 Å². The average molecular weight is 1720 g/mol. The minimum atomic E-state index is -5.84. The number of aromatic amines is 1. The largest absolute Gasteiger partial charge is 0.490 e. The summed E-state index contributed by atoms with van der Waals surface area (Å²) in [6, 6.07) is 8.72. The van der Waals surface area contributed by atoms with Crippen LogP contribution < -0.4 is 37.5 Å². The predicted octanol–water partition coefficient (Wildman–Crippen LogP) is 8.76. The number of likely N-dealkylation sites (N-methyl/N-ethyl adjacent to an activating group) is 1. The molecule has 0 aliphatic carbocycles. The summed E-state index contributed by atoms with van der Waals surface area (Å²) in [4.78, 5) is 98.8. The second-order valence-corrected chi connectivity index (χ2v) is 37.4. The molecule has 624 valence electrons. The number of nitrogens with zero attached hydrogens (tertiary/aromatic N) is 7. The third kappa shape index (κ3) is 28.7. The number of phosphoric acid groups is 3. The Balaban J connectivity index is 0.694. The van der Waals surface area contributed by atoms with Gasteiger partial charge in [-0.15, -0.1) is 0 Å². The number of hydrogen-bond donors (Lipinski definition) is 12. The molecule has 3 aliphatic rings. The Kier molecular flexibility index (Phi) is 34.8. The number of hydrogen-bond acceptors (Lipinski definition) is 26. The molecule has 4 aromatic rings. The summed E-state index contributed by atoms with van der Waals surface area (Å²) in [5.41, 5.74) is 17.8. The highest BCUT2D eigenvalue weighted by Crippen LogP contribution is 2.66. The third-order valence-corrected chi connectivity index (χ3v) is 26.2. The van der Waals surface area contributed by atoms with Crippen molar-refractivity contribution < 1.29 is 120 Å². The molecule has 5 atom stereocenters. The molecule has 113 heavy (non-hydrogen) atoms. The molecule has 0 spiro atoms. The molecule has 2 aromatic carbocycles. The number of carbonyl (C=O) groups is 3. The Morgan fingerprint density at radius 3 is 2.23 bits per heavy atom. The third-order valence-electron chi connectivity index (χ3n) is 17.7. The maximum atomic E-state index is 13.1. The van der Waals surface area contributed by atoms with Crippen LogP contribution in [0.2, 0.25) is 0 Å². The molecule has 3 aliphatic heterocycles. The lowest BCUT2D eigenvalue weighted by molar-refractivity contribution is -0.438. The van der Waals surface area contributed by atoms with Crippen LogP contribution in [0.5, 0.6) is 0 Å². The van der Waals surface area contributed by atoms with Gasteiger partial charge in [-0.05, 0) is 121 Å². The Morgan fingerprint density at radius 1 is 0.850 bits per heavy atom. The zero-order chi connectivity index (χ0) is 83.0. The fraction of sp³-hybridized carbons (Fsp3) is 0.552. The smallest absolute Gasteiger partial charge is 0.450 e. The number of unbranched alkanes of at least 4 members (excludes halogenated alkanes) is 4. The first-order valence-corrected chi connectivity index (χ1v) is 45.3. The van der Waals surface area contributed by atoms with Crippen LogP contribution in [0.1, 0.15) is 129 Å². The number of phosphoric ester groups is 1. The maximum Gasteiger partial charge on any atom is 0.490 e. The summed E-state index contributed by atoms with van der Waals surface area (Å²) in [5.74, 6) is 5.61. The van der Waals surface area contributed by atoms with Crippen LogP contribution in [-0.2, 0) is 91.1 Å². The van der Waals surface area contributed by atoms with Crippen LogP contribution in [-0.4, -0.2) is 204 Å². The quantitative estimate of drug-likeness (QED) is 0.00168. The maximum absolute atomic E-state index is 13.1. The first kappa shape index (κ1) is 93.1. The second kappa shape index (κ2) is 42.2. The van der Waals surface area contributed by atoms with Gasteiger partial charge in [-0.1, -0.05) is 70.6 Å². The van der Waals surface area contributed by atoms with Gasteiger partial charge in [-0.25, -0.2) is 23.3 Å². The zero-order valence-corrected chi connectivity index (χ0v) is 69.1. The van der Waals surface area contributed by atoms with Gasteiger partial charge in [-0.2, -0.15) is 35.0 Å². The van der Waals surface area contributed by atoms with Crippen molar-refractivity contribution in [2.24, 2.45) is 5.11 Å². The van der Waals surface area contributed by atoms with Crippen molar-refractivity contribution in [3.8, 4) is 11.8 Å². The predicted molar refractivity (Wildman–Crippen MR) is 419 cm³/mol. The van der Waals surface area contributed by atoms with E-state index in [0.717, 1.165) is 59.6 Å². The molecule has 0 saturated carbocycles. The lowest BCUT2D eigenvalue weighted by Gasteiger charge is -2.25. The highest BCUT2D eigenvalue weighted by Gasteiger charge is 2.47. The lowest BCUT2D eigenvalue weighted by atomic mass is 9.81. The van der Waals surface area contributed by atoms with Gasteiger partial charge in [0.05, 0.1) is 78.4 Å². The minimum Gasteiger partial charge on any atom is -0.450 e. The normalized spacial score (nSPS) is 18.2. The number of urea groups is 1. The summed E-state index contributed by atoms with van der Waals surface area (Å²) in [6.45, 7) is 16.3. The summed E-state index contributed by atoms with van der Waals surface area (Å²) in [5, 5.41) is 14.2. The molecule has 7 rings (SSSR count). The van der Waals surface area contributed by atoms with Crippen LogP contribution in [0.25, 0.3) is 21.5 Å². The first-order chi connectivity index (χ1) is 53.2. The van der Waals surface area contributed by atoms with E-state index in [2.05, 4.69) is 71.2 Å². The van der Waals surface area contributed by atoms with Gasteiger partial charge in [0.15, 0.2) is 11.4 Å². The Labute approximate surface area is 661 Å². The number of azide groups is 1. The molecular formula is C67H97N13O26P3S4+. The van der Waals surface area contributed by atoms with Crippen molar-refractivity contribution in [1.29, 1.82) is 0 Å². The van der Waals surface area contributed by atoms with Gasteiger partial charge in [0.2, 0.25) is 17.5 Å². The van der Waals surface area contributed by atoms with E-state index in [1.165, 1.54) is 45.8 Å². The van der Waals surface area contributed by atoms with E-state index in [0.29, 0.717) is 64.4 Å². The topological polar surface area (TPSA) is 555 Å². The summed E-state index contributed by atoms with van der Waals surface area (Å²) >= 11 is 0. The molecule has 2 unspecified atom stereocenters. The number of aromatic nitrogens is 3. The number of rotatable bonds is 46. The van der Waals surface area contributed by atoms with Gasteiger partial charge >= 0.3 is 35.6 Å². The SMILES string of the molecule is CCN1\C(=C/C=C/C=C/C2=[N+](CCCCCC(=O)NCCOCCOCCNC(=O)OCCC(C)(C)SSCOCCCCCNC(=O)NCC#Cc3cn([C@H]4C[C@H](OCN=[N+]=[N-])[C@@H](COP(=O)(O)OP(=O)(O)OP(=O)(O)O)O4)c4nc(N)[nH]c(=O)c34)c3ccc(S(=O)(=O)O)cc3C2(C)C)C(C)(C)c2cc(S(=O)(=O)O)ccc21. The number of ether oxygens (including phenoxy) is 6. The number of nitrogen functional groups attached to an aromatic ring is 1. The zero-order valence-electron chi connectivity index (χ0n) is 63.2. The number of alkyl carbamates (subject to hydrolysis) is 1. The highest BCUT2D eigenvalue weighted by atomic mass is 33.1. The molecule has 1 fully saturated rings. The van der Waals surface area contributed by atoms with Crippen molar-refractivity contribution in [3.05, 3.63) is 116 Å². The molecule has 0 bridgehead atoms. The van der Waals surface area contributed by atoms with E-state index in [1.807, 2.05) is 78.8 Å². The fourth-order valence-electron chi connectivity index (χ4n) is 12.3. The molecule has 39 nitrogen and oxygen atoms in total. The molecular weight excluding hydrogens is 1620 g/mol. The molecule has 4 amide bonds. The van der Waals surface area contributed by atoms with E-state index in [1.54, 1.807) is 22.9 Å². The Bertz CT molecular complexity index is 4730. The number of H-pyrrole nitrogens is 1. The molecule has 1 saturated heterocycles. The number of amides is 4. The van der Waals surface area contributed by atoms with Crippen molar-refractivity contribution in [3.63, 3.8) is 0 Å². The van der Waals surface area contributed by atoms with Crippen LogP contribution in [0.3, 0.4) is 0 Å². The lowest BCUT2D eigenvalue weighted by Crippen LogP contribution is -2.36. The van der Waals surface area contributed by atoms with Crippen molar-refractivity contribution in [2.75, 3.05) is 109 Å². The molecule has 2 aromatic heterocycles. The summed E-state index contributed by atoms with van der Waals surface area (Å²) in [6.07, 6.45) is 12.0. The average Bonchev–Trinajstić information content (AvgIpc) is 1.60. The van der Waals surface area contributed by atoms with Gasteiger partial charge in [-0.3, -0.25) is 28.2 Å². The van der Waals surface area contributed by atoms with E-state index >= 15 is 0 Å². The number of anilines is 2. The molecule has 13 N–H and O–H groups in total. The number of nitrogens with two attached hydrogens (primary N) is 1. The van der Waals surface area contributed by atoms with E-state index in [4.69, 9.17) is 54.0 Å². The number of carbonyl (C=O) groups excluding carboxylic acids is 3. The van der Waals surface area contributed by atoms with Crippen LogP contribution >= 0.6 is 45.1 Å². The standard InChI is InChI=1S/C67H96N13O26P3S4/c1-8-78-51-25-23-47(112(92,93)94)39-49(51)66(4,5)55(78)20-12-9-13-21-56-67(6,7)50-40-48(113(95,96)97)24-26-52(50)79(56)32-16-10-14-22-57(81)70-30-35-98-37-38-99-36-31-73-64(84)101-34-27-65(2,3)111-110-45-100-33-17-11-15-28-71-63(83)72-29-18-19-46-42-80(60-59(46)61(82)76-62(68)75-60)58-41-53(102-44-74-77-69)54(104-58)43-103-108(88,89)106-109(90,91)105-107(85,86)87/h9,12-13,20-21,23-26,39-40,42,53-54,58H,8,10-11,14-17,22,27-38,41,43-45H2,1-7H3,(H12-,68,70,71,72,73,75,76,81,82,83,84,85,86,87,88,89,90,91,92,93,94,95,96,97)/p+1/t53-,54+,58+/m0/s1. The van der Waals surface area contributed by atoms with Gasteiger partial charge in [0.1, 0.15) is 31.5 Å². The van der Waals surface area contributed by atoms with Crippen molar-refractivity contribution in [2.45, 2.75) is 150 Å². The number of benzene rings is 2. The van der Waals surface area contributed by atoms with E-state index in [9.17, 15) is 68.6 Å². The van der Waals surface area contributed by atoms with Gasteiger partial charge in [0, 0.05) is 102 Å². The summed E-state index contributed by atoms with van der Waals surface area (Å²) in [7, 11) is -22.8. The van der Waals surface area contributed by atoms with Gasteiger partial charge in [0.25, 0.3) is 25.8 Å². The minimum absolute atomic E-state index is 0.0242. The molecule has 46 heteroatoms. The van der Waals surface area contributed by atoms with Crippen molar-refractivity contribution >= 4 is 117 Å².